The number of carboxylic acid groups (broad SMARTS) is 1. The van der Waals surface area contributed by atoms with Crippen LogP contribution < -0.4 is 5.32 Å². The lowest BCUT2D eigenvalue weighted by atomic mass is 9.84. The number of rotatable bonds is 3. The highest BCUT2D eigenvalue weighted by atomic mass is 16.4. The molecule has 1 heterocycles. The fourth-order valence-electron chi connectivity index (χ4n) is 3.63. The van der Waals surface area contributed by atoms with Crippen molar-refractivity contribution in [1.29, 1.82) is 0 Å². The molecule has 0 aromatic carbocycles. The van der Waals surface area contributed by atoms with E-state index in [2.05, 4.69) is 5.32 Å². The molecule has 2 fully saturated rings. The van der Waals surface area contributed by atoms with Crippen LogP contribution in [0.25, 0.3) is 0 Å². The predicted molar refractivity (Wildman–Crippen MR) is 66.7 cm³/mol. The summed E-state index contributed by atoms with van der Waals surface area (Å²) in [4.78, 5) is 23.4. The van der Waals surface area contributed by atoms with Gasteiger partial charge in [-0.05, 0) is 50.2 Å². The van der Waals surface area contributed by atoms with Gasteiger partial charge >= 0.3 is 5.97 Å². The highest BCUT2D eigenvalue weighted by Gasteiger charge is 2.51. The Balaban J connectivity index is 1.75. The molecule has 19 heavy (non-hydrogen) atoms. The fourth-order valence-corrected chi connectivity index (χ4v) is 3.63. The summed E-state index contributed by atoms with van der Waals surface area (Å²) >= 11 is 0. The summed E-state index contributed by atoms with van der Waals surface area (Å²) in [7, 11) is 0. The maximum atomic E-state index is 12.1. The molecule has 2 aliphatic carbocycles. The van der Waals surface area contributed by atoms with Crippen LogP contribution in [-0.2, 0) is 4.79 Å². The van der Waals surface area contributed by atoms with Crippen LogP contribution in [0.4, 0.5) is 0 Å². The second-order valence-corrected chi connectivity index (χ2v) is 5.61. The van der Waals surface area contributed by atoms with Crippen molar-refractivity contribution >= 4 is 11.9 Å². The van der Waals surface area contributed by atoms with Crippen molar-refractivity contribution < 1.29 is 19.1 Å². The molecule has 2 aliphatic rings. The first-order valence-electron chi connectivity index (χ1n) is 6.66. The Morgan fingerprint density at radius 2 is 2.05 bits per heavy atom. The summed E-state index contributed by atoms with van der Waals surface area (Å²) in [5, 5.41) is 12.2. The Bertz CT molecular complexity index is 521. The monoisotopic (exact) mass is 263 g/mol. The molecule has 0 aliphatic heterocycles. The molecule has 3 rings (SSSR count). The first-order valence-corrected chi connectivity index (χ1v) is 6.66. The van der Waals surface area contributed by atoms with Gasteiger partial charge in [-0.25, -0.2) is 0 Å². The molecule has 0 saturated heterocycles. The van der Waals surface area contributed by atoms with E-state index < -0.39 is 11.9 Å². The molecule has 2 N–H and O–H groups in total. The van der Waals surface area contributed by atoms with E-state index in [0.717, 1.165) is 19.3 Å². The van der Waals surface area contributed by atoms with Crippen LogP contribution in [0.2, 0.25) is 0 Å². The zero-order valence-electron chi connectivity index (χ0n) is 10.8. The van der Waals surface area contributed by atoms with Crippen LogP contribution in [0, 0.1) is 24.7 Å². The van der Waals surface area contributed by atoms with Crippen LogP contribution in [0.5, 0.6) is 0 Å². The molecule has 102 valence electrons. The van der Waals surface area contributed by atoms with Gasteiger partial charge in [-0.2, -0.15) is 0 Å². The van der Waals surface area contributed by atoms with Crippen LogP contribution in [0.15, 0.2) is 16.5 Å². The lowest BCUT2D eigenvalue weighted by Crippen LogP contribution is -2.46. The van der Waals surface area contributed by atoms with Crippen LogP contribution in [0.3, 0.4) is 0 Å². The zero-order valence-corrected chi connectivity index (χ0v) is 10.8. The van der Waals surface area contributed by atoms with E-state index in [9.17, 15) is 14.7 Å². The summed E-state index contributed by atoms with van der Waals surface area (Å²) in [6.07, 6.45) is 2.89. The second kappa shape index (κ2) is 4.40. The van der Waals surface area contributed by atoms with Gasteiger partial charge < -0.3 is 14.8 Å². The highest BCUT2D eigenvalue weighted by Crippen LogP contribution is 2.48. The van der Waals surface area contributed by atoms with Crippen molar-refractivity contribution in [2.75, 3.05) is 0 Å². The Morgan fingerprint density at radius 3 is 2.68 bits per heavy atom. The molecule has 5 nitrogen and oxygen atoms in total. The number of aryl methyl sites for hydroxylation is 1. The Hall–Kier alpha value is -1.78. The average Bonchev–Trinajstić information content (AvgIpc) is 3.03. The van der Waals surface area contributed by atoms with Crippen LogP contribution in [0.1, 0.15) is 35.6 Å². The molecule has 4 atom stereocenters. The quantitative estimate of drug-likeness (QED) is 0.871. The SMILES string of the molecule is Cc1ccc(C(=O)NC2C3CCC(C3)C2C(=O)O)o1. The third-order valence-electron chi connectivity index (χ3n) is 4.46. The maximum absolute atomic E-state index is 12.1. The topological polar surface area (TPSA) is 79.5 Å². The van der Waals surface area contributed by atoms with Gasteiger partial charge in [0.1, 0.15) is 5.76 Å². The molecule has 4 unspecified atom stereocenters. The molecule has 0 spiro atoms. The minimum atomic E-state index is -0.798. The van der Waals surface area contributed by atoms with Crippen molar-refractivity contribution in [1.82, 2.24) is 5.32 Å². The normalized spacial score (nSPS) is 32.5. The molecule has 1 aromatic heterocycles. The molecule has 5 heteroatoms. The van der Waals surface area contributed by atoms with Crippen molar-refractivity contribution in [2.45, 2.75) is 32.2 Å². The Labute approximate surface area is 111 Å². The average molecular weight is 263 g/mol. The van der Waals surface area contributed by atoms with Crippen molar-refractivity contribution in [3.8, 4) is 0 Å². The summed E-state index contributed by atoms with van der Waals surface area (Å²) in [5.74, 6) is -0.113. The number of carboxylic acids is 1. The summed E-state index contributed by atoms with van der Waals surface area (Å²) in [5.41, 5.74) is 0. The number of furan rings is 1. The van der Waals surface area contributed by atoms with Crippen molar-refractivity contribution in [2.24, 2.45) is 17.8 Å². The minimum Gasteiger partial charge on any atom is -0.481 e. The highest BCUT2D eigenvalue weighted by molar-refractivity contribution is 5.92. The van der Waals surface area contributed by atoms with Gasteiger partial charge in [0.15, 0.2) is 5.76 Å². The Kier molecular flexibility index (Phi) is 2.84. The van der Waals surface area contributed by atoms with Gasteiger partial charge in [-0.3, -0.25) is 9.59 Å². The lowest BCUT2D eigenvalue weighted by Gasteiger charge is -2.28. The van der Waals surface area contributed by atoms with E-state index in [1.807, 2.05) is 0 Å². The predicted octanol–water partition coefficient (Wildman–Crippen LogP) is 1.82. The van der Waals surface area contributed by atoms with Crippen LogP contribution >= 0.6 is 0 Å². The number of carbonyl (C=O) groups excluding carboxylic acids is 1. The van der Waals surface area contributed by atoms with E-state index in [1.165, 1.54) is 0 Å². The van der Waals surface area contributed by atoms with E-state index in [4.69, 9.17) is 4.42 Å². The number of hydrogen-bond donors (Lipinski definition) is 2. The van der Waals surface area contributed by atoms with Gasteiger partial charge in [-0.15, -0.1) is 0 Å². The number of amides is 1. The lowest BCUT2D eigenvalue weighted by molar-refractivity contribution is -0.144. The second-order valence-electron chi connectivity index (χ2n) is 5.61. The fraction of sp³-hybridized carbons (Fsp3) is 0.571. The van der Waals surface area contributed by atoms with Gasteiger partial charge in [0.25, 0.3) is 5.91 Å². The third kappa shape index (κ3) is 2.03. The molecule has 0 radical (unpaired) electrons. The maximum Gasteiger partial charge on any atom is 0.308 e. The van der Waals surface area contributed by atoms with Gasteiger partial charge in [-0.1, -0.05) is 0 Å². The number of hydrogen-bond acceptors (Lipinski definition) is 3. The smallest absolute Gasteiger partial charge is 0.308 e. The van der Waals surface area contributed by atoms with Gasteiger partial charge in [0, 0.05) is 6.04 Å². The van der Waals surface area contributed by atoms with Gasteiger partial charge in [0.05, 0.1) is 5.92 Å². The molecule has 1 aromatic rings. The van der Waals surface area contributed by atoms with Crippen molar-refractivity contribution in [3.05, 3.63) is 23.7 Å². The summed E-state index contributed by atoms with van der Waals surface area (Å²) < 4.78 is 5.27. The third-order valence-corrected chi connectivity index (χ3v) is 4.46. The largest absolute Gasteiger partial charge is 0.481 e. The summed E-state index contributed by atoms with van der Waals surface area (Å²) in [6.45, 7) is 1.77. The molecule has 1 amide bonds. The van der Waals surface area contributed by atoms with E-state index in [1.54, 1.807) is 19.1 Å². The van der Waals surface area contributed by atoms with Gasteiger partial charge in [0.2, 0.25) is 0 Å². The standard InChI is InChI=1S/C14H17NO4/c1-7-2-5-10(19-7)13(16)15-12-9-4-3-8(6-9)11(12)14(17)18/h2,5,8-9,11-12H,3-4,6H2,1H3,(H,15,16)(H,17,18). The zero-order chi connectivity index (χ0) is 13.6. The van der Waals surface area contributed by atoms with E-state index in [-0.39, 0.29) is 23.6 Å². The molecule has 2 saturated carbocycles. The number of nitrogens with one attached hydrogen (secondary N) is 1. The number of carbonyl (C=O) groups is 2. The summed E-state index contributed by atoms with van der Waals surface area (Å²) in [6, 6.07) is 3.09. The number of fused-ring (bicyclic) bond motifs is 2. The minimum absolute atomic E-state index is 0.214. The first kappa shape index (κ1) is 12.3. The molecular weight excluding hydrogens is 246 g/mol. The number of aliphatic carboxylic acids is 1. The first-order chi connectivity index (χ1) is 9.06. The Morgan fingerprint density at radius 1 is 1.32 bits per heavy atom. The molecule has 2 bridgehead atoms. The molecular formula is C14H17NO4. The van der Waals surface area contributed by atoms with Crippen molar-refractivity contribution in [3.63, 3.8) is 0 Å². The van der Waals surface area contributed by atoms with E-state index in [0.29, 0.717) is 11.7 Å². The van der Waals surface area contributed by atoms with Crippen LogP contribution in [-0.4, -0.2) is 23.0 Å². The van der Waals surface area contributed by atoms with E-state index >= 15 is 0 Å².